The minimum Gasteiger partial charge on any atom is -0.481 e. The van der Waals surface area contributed by atoms with Gasteiger partial charge in [-0.15, -0.1) is 0 Å². The first-order valence-electron chi connectivity index (χ1n) is 5.70. The normalized spacial score (nSPS) is 27.9. The molecule has 15 heavy (non-hydrogen) atoms. The highest BCUT2D eigenvalue weighted by Crippen LogP contribution is 2.22. The van der Waals surface area contributed by atoms with Crippen molar-refractivity contribution in [1.29, 1.82) is 0 Å². The van der Waals surface area contributed by atoms with Crippen LogP contribution in [0.4, 0.5) is 0 Å². The molecule has 3 unspecified atom stereocenters. The summed E-state index contributed by atoms with van der Waals surface area (Å²) in [4.78, 5) is 10.5. The molecule has 1 rings (SSSR count). The highest BCUT2D eigenvalue weighted by atomic mass is 16.5. The van der Waals surface area contributed by atoms with Gasteiger partial charge in [0.15, 0.2) is 0 Å². The Morgan fingerprint density at radius 2 is 2.40 bits per heavy atom. The predicted octanol–water partition coefficient (Wildman–Crippen LogP) is 1.25. The summed E-state index contributed by atoms with van der Waals surface area (Å²) in [6, 6.07) is 0.0422. The van der Waals surface area contributed by atoms with Crippen LogP contribution in [-0.4, -0.2) is 36.4 Å². The van der Waals surface area contributed by atoms with Crippen molar-refractivity contribution in [3.05, 3.63) is 0 Å². The van der Waals surface area contributed by atoms with Crippen molar-refractivity contribution in [3.63, 3.8) is 0 Å². The Balaban J connectivity index is 2.21. The molecular weight excluding hydrogens is 194 g/mol. The van der Waals surface area contributed by atoms with E-state index in [-0.39, 0.29) is 12.5 Å². The van der Waals surface area contributed by atoms with Crippen molar-refractivity contribution in [3.8, 4) is 0 Å². The zero-order valence-corrected chi connectivity index (χ0v) is 9.53. The Morgan fingerprint density at radius 1 is 1.67 bits per heavy atom. The molecule has 3 atom stereocenters. The van der Waals surface area contributed by atoms with Crippen molar-refractivity contribution >= 4 is 5.97 Å². The number of nitrogens with one attached hydrogen (secondary N) is 1. The Labute approximate surface area is 91.0 Å². The molecule has 0 amide bonds. The molecule has 0 spiro atoms. The second kappa shape index (κ2) is 6.08. The van der Waals surface area contributed by atoms with Gasteiger partial charge >= 0.3 is 5.97 Å². The monoisotopic (exact) mass is 215 g/mol. The molecule has 4 nitrogen and oxygen atoms in total. The standard InChI is InChI=1S/C11H21NO3/c1-3-10-9(4-5-15-10)7-12-8(2)6-11(13)14/h8-10,12H,3-7H2,1-2H3,(H,13,14). The minimum absolute atomic E-state index is 0.0422. The lowest BCUT2D eigenvalue weighted by Crippen LogP contribution is -2.35. The van der Waals surface area contributed by atoms with Gasteiger partial charge in [-0.2, -0.15) is 0 Å². The summed E-state index contributed by atoms with van der Waals surface area (Å²) in [6.07, 6.45) is 2.67. The first kappa shape index (κ1) is 12.5. The van der Waals surface area contributed by atoms with Crippen LogP contribution in [-0.2, 0) is 9.53 Å². The number of rotatable bonds is 6. The van der Waals surface area contributed by atoms with Crippen LogP contribution in [0.1, 0.15) is 33.1 Å². The number of carboxylic acids is 1. The van der Waals surface area contributed by atoms with Gasteiger partial charge in [-0.05, 0) is 25.7 Å². The van der Waals surface area contributed by atoms with Crippen molar-refractivity contribution in [1.82, 2.24) is 5.32 Å². The van der Waals surface area contributed by atoms with Gasteiger partial charge < -0.3 is 15.2 Å². The Hall–Kier alpha value is -0.610. The third-order valence-corrected chi connectivity index (χ3v) is 2.96. The lowest BCUT2D eigenvalue weighted by Gasteiger charge is -2.19. The van der Waals surface area contributed by atoms with E-state index >= 15 is 0 Å². The maximum Gasteiger partial charge on any atom is 0.304 e. The molecule has 4 heteroatoms. The van der Waals surface area contributed by atoms with Crippen molar-refractivity contribution in [2.75, 3.05) is 13.2 Å². The van der Waals surface area contributed by atoms with Crippen LogP contribution in [0.5, 0.6) is 0 Å². The van der Waals surface area contributed by atoms with E-state index in [1.807, 2.05) is 6.92 Å². The maximum atomic E-state index is 10.5. The van der Waals surface area contributed by atoms with Gasteiger partial charge in [0.25, 0.3) is 0 Å². The van der Waals surface area contributed by atoms with Gasteiger partial charge in [-0.1, -0.05) is 6.92 Å². The van der Waals surface area contributed by atoms with E-state index in [0.29, 0.717) is 12.0 Å². The van der Waals surface area contributed by atoms with Crippen LogP contribution in [0.25, 0.3) is 0 Å². The highest BCUT2D eigenvalue weighted by molar-refractivity contribution is 5.67. The van der Waals surface area contributed by atoms with Gasteiger partial charge in [-0.25, -0.2) is 0 Å². The summed E-state index contributed by atoms with van der Waals surface area (Å²) in [5.74, 6) is -0.198. The summed E-state index contributed by atoms with van der Waals surface area (Å²) in [5, 5.41) is 11.9. The van der Waals surface area contributed by atoms with Crippen LogP contribution in [0.2, 0.25) is 0 Å². The number of hydrogen-bond acceptors (Lipinski definition) is 3. The largest absolute Gasteiger partial charge is 0.481 e. The van der Waals surface area contributed by atoms with E-state index in [1.54, 1.807) is 0 Å². The molecule has 1 aliphatic rings. The fourth-order valence-corrected chi connectivity index (χ4v) is 2.06. The lowest BCUT2D eigenvalue weighted by molar-refractivity contribution is -0.137. The van der Waals surface area contributed by atoms with E-state index in [0.717, 1.165) is 26.0 Å². The molecule has 1 saturated heterocycles. The molecule has 0 aromatic carbocycles. The van der Waals surface area contributed by atoms with Gasteiger partial charge in [0, 0.05) is 19.2 Å². The molecule has 0 aromatic heterocycles. The van der Waals surface area contributed by atoms with Crippen LogP contribution < -0.4 is 5.32 Å². The van der Waals surface area contributed by atoms with Crippen LogP contribution in [0.3, 0.4) is 0 Å². The lowest BCUT2D eigenvalue weighted by atomic mass is 9.99. The van der Waals surface area contributed by atoms with Gasteiger partial charge in [0.1, 0.15) is 0 Å². The second-order valence-corrected chi connectivity index (χ2v) is 4.27. The average molecular weight is 215 g/mol. The molecule has 0 bridgehead atoms. The Morgan fingerprint density at radius 3 is 3.00 bits per heavy atom. The minimum atomic E-state index is -0.746. The molecule has 0 aliphatic carbocycles. The van der Waals surface area contributed by atoms with Gasteiger partial charge in [0.05, 0.1) is 12.5 Å². The third kappa shape index (κ3) is 4.18. The molecule has 1 aliphatic heterocycles. The van der Waals surface area contributed by atoms with Gasteiger partial charge in [-0.3, -0.25) is 4.79 Å². The Bertz CT molecular complexity index is 208. The summed E-state index contributed by atoms with van der Waals surface area (Å²) in [6.45, 7) is 5.75. The molecule has 1 heterocycles. The quantitative estimate of drug-likeness (QED) is 0.700. The molecule has 0 aromatic rings. The molecule has 1 fully saturated rings. The topological polar surface area (TPSA) is 58.6 Å². The van der Waals surface area contributed by atoms with E-state index in [1.165, 1.54) is 0 Å². The number of hydrogen-bond donors (Lipinski definition) is 2. The maximum absolute atomic E-state index is 10.5. The van der Waals surface area contributed by atoms with Crippen molar-refractivity contribution in [2.45, 2.75) is 45.3 Å². The first-order valence-corrected chi connectivity index (χ1v) is 5.70. The molecule has 2 N–H and O–H groups in total. The smallest absolute Gasteiger partial charge is 0.304 e. The zero-order valence-electron chi connectivity index (χ0n) is 9.53. The van der Waals surface area contributed by atoms with Gasteiger partial charge in [0.2, 0.25) is 0 Å². The summed E-state index contributed by atoms with van der Waals surface area (Å²) in [5.41, 5.74) is 0. The second-order valence-electron chi connectivity index (χ2n) is 4.27. The SMILES string of the molecule is CCC1OCCC1CNC(C)CC(=O)O. The Kier molecular flexibility index (Phi) is 5.05. The predicted molar refractivity (Wildman–Crippen MR) is 57.9 cm³/mol. The fraction of sp³-hybridized carbons (Fsp3) is 0.909. The molecular formula is C11H21NO3. The summed E-state index contributed by atoms with van der Waals surface area (Å²) < 4.78 is 5.57. The van der Waals surface area contributed by atoms with Crippen molar-refractivity contribution < 1.29 is 14.6 Å². The van der Waals surface area contributed by atoms with E-state index in [9.17, 15) is 4.79 Å². The van der Waals surface area contributed by atoms with E-state index < -0.39 is 5.97 Å². The van der Waals surface area contributed by atoms with Crippen LogP contribution in [0, 0.1) is 5.92 Å². The number of carboxylic acid groups (broad SMARTS) is 1. The first-order chi connectivity index (χ1) is 7.13. The van der Waals surface area contributed by atoms with E-state index in [2.05, 4.69) is 12.2 Å². The number of carbonyl (C=O) groups is 1. The van der Waals surface area contributed by atoms with Crippen LogP contribution >= 0.6 is 0 Å². The highest BCUT2D eigenvalue weighted by Gasteiger charge is 2.26. The average Bonchev–Trinajstić information content (AvgIpc) is 2.60. The summed E-state index contributed by atoms with van der Waals surface area (Å²) in [7, 11) is 0. The molecule has 0 radical (unpaired) electrons. The van der Waals surface area contributed by atoms with E-state index in [4.69, 9.17) is 9.84 Å². The number of aliphatic carboxylic acids is 1. The molecule has 88 valence electrons. The fourth-order valence-electron chi connectivity index (χ4n) is 2.06. The van der Waals surface area contributed by atoms with Crippen molar-refractivity contribution in [2.24, 2.45) is 5.92 Å². The number of ether oxygens (including phenoxy) is 1. The third-order valence-electron chi connectivity index (χ3n) is 2.96. The zero-order chi connectivity index (χ0) is 11.3. The molecule has 0 saturated carbocycles. The van der Waals surface area contributed by atoms with Crippen LogP contribution in [0.15, 0.2) is 0 Å². The summed E-state index contributed by atoms with van der Waals surface area (Å²) >= 11 is 0.